The Morgan fingerprint density at radius 3 is 0.845 bits per heavy atom. The van der Waals surface area contributed by atoms with Crippen LogP contribution in [-0.2, 0) is 4.79 Å². The number of aliphatic hydroxyl groups is 2. The molecule has 0 heterocycles. The topological polar surface area (TPSA) is 69.6 Å². The van der Waals surface area contributed by atoms with Gasteiger partial charge in [-0.15, -0.1) is 0 Å². The molecule has 4 nitrogen and oxygen atoms in total. The summed E-state index contributed by atoms with van der Waals surface area (Å²) in [5.74, 6) is -0.0238. The van der Waals surface area contributed by atoms with Crippen LogP contribution in [0.5, 0.6) is 0 Å². The molecular weight excluding hydrogens is 867 g/mol. The lowest BCUT2D eigenvalue weighted by atomic mass is 10.0. The second-order valence-corrected chi connectivity index (χ2v) is 22.9. The predicted octanol–water partition coefficient (Wildman–Crippen LogP) is 22.2. The van der Waals surface area contributed by atoms with Gasteiger partial charge in [0, 0.05) is 6.42 Å². The van der Waals surface area contributed by atoms with Crippen LogP contribution >= 0.6 is 0 Å². The third kappa shape index (κ3) is 59.6. The number of amides is 1. The molecule has 0 aromatic heterocycles. The van der Waals surface area contributed by atoms with Gasteiger partial charge < -0.3 is 15.5 Å². The largest absolute Gasteiger partial charge is 0.394 e. The molecule has 0 aromatic carbocycles. The van der Waals surface area contributed by atoms with Crippen molar-refractivity contribution >= 4 is 5.91 Å². The van der Waals surface area contributed by atoms with E-state index in [4.69, 9.17) is 0 Å². The fraction of sp³-hybridized carbons (Fsp3) is 0.925. The van der Waals surface area contributed by atoms with E-state index in [-0.39, 0.29) is 12.5 Å². The first-order valence-corrected chi connectivity index (χ1v) is 33.0. The lowest BCUT2D eigenvalue weighted by molar-refractivity contribution is -0.123. The number of carbonyl (C=O) groups excluding carboxylic acids is 1. The average Bonchev–Trinajstić information content (AvgIpc) is 3.37. The molecule has 0 bridgehead atoms. The molecule has 3 N–H and O–H groups in total. The number of unbranched alkanes of at least 4 members (excludes halogenated alkanes) is 51. The second-order valence-electron chi connectivity index (χ2n) is 22.9. The van der Waals surface area contributed by atoms with Crippen molar-refractivity contribution in [2.45, 2.75) is 392 Å². The van der Waals surface area contributed by atoms with Crippen molar-refractivity contribution in [2.75, 3.05) is 6.61 Å². The molecule has 2 atom stereocenters. The van der Waals surface area contributed by atoms with E-state index in [9.17, 15) is 15.0 Å². The van der Waals surface area contributed by atoms with Crippen LogP contribution in [0.15, 0.2) is 24.3 Å². The van der Waals surface area contributed by atoms with E-state index >= 15 is 0 Å². The fourth-order valence-corrected chi connectivity index (χ4v) is 10.7. The summed E-state index contributed by atoms with van der Waals surface area (Å²) in [6.07, 6.45) is 85.0. The van der Waals surface area contributed by atoms with Crippen LogP contribution in [0.1, 0.15) is 380 Å². The van der Waals surface area contributed by atoms with Crippen LogP contribution in [0.3, 0.4) is 0 Å². The molecule has 0 saturated carbocycles. The molecule has 0 aliphatic heterocycles. The number of aliphatic hydroxyl groups excluding tert-OH is 2. The van der Waals surface area contributed by atoms with Crippen LogP contribution in [0.25, 0.3) is 0 Å². The normalized spacial score (nSPS) is 12.8. The number of carbonyl (C=O) groups is 1. The van der Waals surface area contributed by atoms with E-state index in [0.717, 1.165) is 32.1 Å². The van der Waals surface area contributed by atoms with Crippen molar-refractivity contribution in [3.05, 3.63) is 24.3 Å². The van der Waals surface area contributed by atoms with Crippen LogP contribution < -0.4 is 5.32 Å². The Labute approximate surface area is 447 Å². The molecule has 2 unspecified atom stereocenters. The molecule has 0 fully saturated rings. The molecule has 0 rings (SSSR count). The molecule has 0 aliphatic rings. The summed E-state index contributed by atoms with van der Waals surface area (Å²) >= 11 is 0. The molecule has 0 radical (unpaired) electrons. The summed E-state index contributed by atoms with van der Waals surface area (Å²) in [6.45, 7) is 4.41. The minimum Gasteiger partial charge on any atom is -0.394 e. The zero-order valence-electron chi connectivity index (χ0n) is 48.8. The summed E-state index contributed by atoms with van der Waals surface area (Å²) < 4.78 is 0. The fourth-order valence-electron chi connectivity index (χ4n) is 10.7. The highest BCUT2D eigenvalue weighted by Crippen LogP contribution is 2.19. The maximum atomic E-state index is 12.5. The zero-order chi connectivity index (χ0) is 51.3. The van der Waals surface area contributed by atoms with Crippen molar-refractivity contribution in [3.63, 3.8) is 0 Å². The maximum Gasteiger partial charge on any atom is 0.220 e. The van der Waals surface area contributed by atoms with Gasteiger partial charge in [-0.1, -0.05) is 353 Å². The van der Waals surface area contributed by atoms with Gasteiger partial charge in [-0.25, -0.2) is 0 Å². The van der Waals surface area contributed by atoms with Crippen molar-refractivity contribution < 1.29 is 15.0 Å². The highest BCUT2D eigenvalue weighted by Gasteiger charge is 2.20. The number of hydrogen-bond donors (Lipinski definition) is 3. The molecular formula is C67H131NO3. The molecule has 4 heteroatoms. The smallest absolute Gasteiger partial charge is 0.220 e. The summed E-state index contributed by atoms with van der Waals surface area (Å²) in [5, 5.41) is 23.4. The van der Waals surface area contributed by atoms with E-state index in [1.165, 1.54) is 321 Å². The molecule has 0 aromatic rings. The summed E-state index contributed by atoms with van der Waals surface area (Å²) in [4.78, 5) is 12.5. The minimum absolute atomic E-state index is 0.0238. The highest BCUT2D eigenvalue weighted by atomic mass is 16.3. The van der Waals surface area contributed by atoms with Crippen molar-refractivity contribution in [3.8, 4) is 0 Å². The number of nitrogens with one attached hydrogen (secondary N) is 1. The van der Waals surface area contributed by atoms with E-state index in [2.05, 4.69) is 43.5 Å². The molecule has 71 heavy (non-hydrogen) atoms. The Bertz CT molecular complexity index is 1040. The predicted molar refractivity (Wildman–Crippen MR) is 318 cm³/mol. The number of hydrogen-bond acceptors (Lipinski definition) is 3. The standard InChI is InChI=1S/C67H131NO3/c1-3-5-7-9-11-13-15-17-19-21-23-25-27-28-29-30-31-32-33-34-35-36-37-38-39-40-41-43-45-47-49-51-53-55-57-59-61-63-67(71)68-65(64-69)66(70)62-60-58-56-54-52-50-48-46-44-42-26-24-22-20-18-16-14-12-10-8-6-4-2/h29-30,32-33,65-66,69-70H,3-28,31,34-64H2,1-2H3,(H,68,71)/b30-29-,33-32-. The van der Waals surface area contributed by atoms with Gasteiger partial charge in [0.25, 0.3) is 0 Å². The maximum absolute atomic E-state index is 12.5. The van der Waals surface area contributed by atoms with E-state index in [1.54, 1.807) is 0 Å². The van der Waals surface area contributed by atoms with Gasteiger partial charge in [0.1, 0.15) is 0 Å². The third-order valence-electron chi connectivity index (χ3n) is 15.7. The summed E-state index contributed by atoms with van der Waals surface area (Å²) in [6, 6.07) is -0.535. The van der Waals surface area contributed by atoms with Gasteiger partial charge in [0.2, 0.25) is 5.91 Å². The summed E-state index contributed by atoms with van der Waals surface area (Å²) in [5.41, 5.74) is 0. The van der Waals surface area contributed by atoms with Crippen LogP contribution in [0.2, 0.25) is 0 Å². The van der Waals surface area contributed by atoms with Gasteiger partial charge in [-0.3, -0.25) is 4.79 Å². The Hall–Kier alpha value is -1.13. The first kappa shape index (κ1) is 69.9. The van der Waals surface area contributed by atoms with Gasteiger partial charge >= 0.3 is 0 Å². The Balaban J connectivity index is 3.39. The number of rotatable bonds is 62. The average molecular weight is 999 g/mol. The van der Waals surface area contributed by atoms with Gasteiger partial charge in [0.05, 0.1) is 18.8 Å². The first-order valence-electron chi connectivity index (χ1n) is 33.0. The van der Waals surface area contributed by atoms with E-state index < -0.39 is 12.1 Å². The van der Waals surface area contributed by atoms with Gasteiger partial charge in [-0.2, -0.15) is 0 Å². The molecule has 0 saturated heterocycles. The molecule has 0 spiro atoms. The van der Waals surface area contributed by atoms with Crippen molar-refractivity contribution in [2.24, 2.45) is 0 Å². The number of allylic oxidation sites excluding steroid dienone is 4. The SMILES string of the molecule is CCCCCCCCCCCCCCC/C=C\C/C=C\CCCCCCCCCCCCCCCCCCCC(=O)NC(CO)C(O)CCCCCCCCCCCCCCCCCCCCCCCC. The minimum atomic E-state index is -0.659. The highest BCUT2D eigenvalue weighted by molar-refractivity contribution is 5.76. The van der Waals surface area contributed by atoms with E-state index in [0.29, 0.717) is 12.8 Å². The third-order valence-corrected chi connectivity index (χ3v) is 15.7. The van der Waals surface area contributed by atoms with Crippen molar-refractivity contribution in [1.82, 2.24) is 5.32 Å². The molecule has 422 valence electrons. The lowest BCUT2D eigenvalue weighted by Crippen LogP contribution is -2.45. The van der Waals surface area contributed by atoms with Gasteiger partial charge in [0.15, 0.2) is 0 Å². The monoisotopic (exact) mass is 998 g/mol. The lowest BCUT2D eigenvalue weighted by Gasteiger charge is -2.22. The first-order chi connectivity index (χ1) is 35.2. The Morgan fingerprint density at radius 2 is 0.577 bits per heavy atom. The van der Waals surface area contributed by atoms with Crippen LogP contribution in [0, 0.1) is 0 Å². The van der Waals surface area contributed by atoms with Crippen LogP contribution in [-0.4, -0.2) is 34.9 Å². The van der Waals surface area contributed by atoms with Crippen LogP contribution in [0.4, 0.5) is 0 Å². The molecule has 1 amide bonds. The Kier molecular flexibility index (Phi) is 62.2. The van der Waals surface area contributed by atoms with Gasteiger partial charge in [-0.05, 0) is 44.9 Å². The van der Waals surface area contributed by atoms with Crippen molar-refractivity contribution in [1.29, 1.82) is 0 Å². The zero-order valence-corrected chi connectivity index (χ0v) is 48.8. The quantitative estimate of drug-likeness (QED) is 0.0420. The molecule has 0 aliphatic carbocycles. The Morgan fingerprint density at radius 1 is 0.338 bits per heavy atom. The summed E-state index contributed by atoms with van der Waals surface area (Å²) in [7, 11) is 0. The second kappa shape index (κ2) is 63.2. The van der Waals surface area contributed by atoms with E-state index in [1.807, 2.05) is 0 Å².